The second-order valence-electron chi connectivity index (χ2n) is 7.05. The predicted molar refractivity (Wildman–Crippen MR) is 123 cm³/mol. The number of rotatable bonds is 5. The van der Waals surface area contributed by atoms with Crippen LogP contribution < -0.4 is 0 Å². The highest BCUT2D eigenvalue weighted by Crippen LogP contribution is 2.30. The summed E-state index contributed by atoms with van der Waals surface area (Å²) >= 11 is 0. The van der Waals surface area contributed by atoms with Crippen LogP contribution in [0, 0.1) is 0 Å². The second kappa shape index (κ2) is 9.74. The van der Waals surface area contributed by atoms with Crippen molar-refractivity contribution in [3.8, 4) is 0 Å². The molecule has 0 aliphatic heterocycles. The molecule has 0 bridgehead atoms. The number of benzene rings is 1. The Hall–Kier alpha value is -3.33. The lowest BCUT2D eigenvalue weighted by atomic mass is 9.83. The van der Waals surface area contributed by atoms with E-state index < -0.39 is 0 Å². The lowest BCUT2D eigenvalue weighted by Crippen LogP contribution is -2.15. The van der Waals surface area contributed by atoms with Gasteiger partial charge >= 0.3 is 0 Å². The van der Waals surface area contributed by atoms with Gasteiger partial charge in [-0.15, -0.1) is 0 Å². The van der Waals surface area contributed by atoms with Crippen molar-refractivity contribution in [2.75, 3.05) is 0 Å². The molecule has 0 saturated carbocycles. The highest BCUT2D eigenvalue weighted by molar-refractivity contribution is 6.03. The third kappa shape index (κ3) is 5.14. The largest absolute Gasteiger partial charge is 0.264 e. The van der Waals surface area contributed by atoms with E-state index in [0.717, 1.165) is 17.6 Å². The van der Waals surface area contributed by atoms with Crippen LogP contribution in [0.2, 0.25) is 0 Å². The maximum atomic E-state index is 4.70. The molecule has 0 radical (unpaired) electrons. The zero-order valence-corrected chi connectivity index (χ0v) is 17.3. The Morgan fingerprint density at radius 1 is 1.10 bits per heavy atom. The van der Waals surface area contributed by atoms with Crippen LogP contribution in [-0.2, 0) is 5.41 Å². The van der Waals surface area contributed by atoms with Gasteiger partial charge in [-0.2, -0.15) is 0 Å². The van der Waals surface area contributed by atoms with Crippen molar-refractivity contribution in [3.63, 3.8) is 0 Å². The molecule has 146 valence electrons. The van der Waals surface area contributed by atoms with E-state index in [1.54, 1.807) is 12.4 Å². The summed E-state index contributed by atoms with van der Waals surface area (Å²) in [5.74, 6) is 0.716. The quantitative estimate of drug-likeness (QED) is 0.447. The summed E-state index contributed by atoms with van der Waals surface area (Å²) in [7, 11) is 0. The van der Waals surface area contributed by atoms with Gasteiger partial charge in [0.2, 0.25) is 0 Å². The molecule has 3 heteroatoms. The molecule has 1 aliphatic rings. The molecule has 3 rings (SSSR count). The first-order valence-electron chi connectivity index (χ1n) is 9.97. The number of allylic oxidation sites excluding steroid dienone is 7. The second-order valence-corrected chi connectivity index (χ2v) is 7.05. The Balaban J connectivity index is 1.91. The van der Waals surface area contributed by atoms with Gasteiger partial charge in [0, 0.05) is 35.8 Å². The average Bonchev–Trinajstić information content (AvgIpc) is 2.97. The first-order chi connectivity index (χ1) is 14.2. The zero-order valence-electron chi connectivity index (χ0n) is 17.3. The van der Waals surface area contributed by atoms with E-state index in [1.165, 1.54) is 11.1 Å². The average molecular weight is 382 g/mol. The minimum absolute atomic E-state index is 0.184. The molecule has 1 heterocycles. The molecule has 1 unspecified atom stereocenters. The molecule has 1 aromatic carbocycles. The SMILES string of the molecule is CC=NC(=NC=C(CC)C1=CC=CC(C)(c2cccnc2)C=C1)c1ccccc1. The third-order valence-electron chi connectivity index (χ3n) is 4.99. The van der Waals surface area contributed by atoms with E-state index >= 15 is 0 Å². The van der Waals surface area contributed by atoms with E-state index in [4.69, 9.17) is 4.99 Å². The summed E-state index contributed by atoms with van der Waals surface area (Å²) in [4.78, 5) is 13.4. The number of nitrogens with zero attached hydrogens (tertiary/aromatic N) is 3. The Morgan fingerprint density at radius 2 is 1.93 bits per heavy atom. The number of hydrogen-bond donors (Lipinski definition) is 0. The molecular weight excluding hydrogens is 354 g/mol. The number of aromatic nitrogens is 1. The lowest BCUT2D eigenvalue weighted by molar-refractivity contribution is 0.753. The molecule has 0 saturated heterocycles. The summed E-state index contributed by atoms with van der Waals surface area (Å²) in [5.41, 5.74) is 4.32. The number of hydrogen-bond acceptors (Lipinski definition) is 2. The Labute approximate surface area is 173 Å². The van der Waals surface area contributed by atoms with Crippen molar-refractivity contribution in [1.82, 2.24) is 4.98 Å². The minimum atomic E-state index is -0.184. The van der Waals surface area contributed by atoms with Gasteiger partial charge in [0.15, 0.2) is 5.84 Å². The maximum absolute atomic E-state index is 4.70. The van der Waals surface area contributed by atoms with Gasteiger partial charge in [0.25, 0.3) is 0 Å². The molecule has 0 amide bonds. The van der Waals surface area contributed by atoms with E-state index in [0.29, 0.717) is 5.84 Å². The number of pyridine rings is 1. The van der Waals surface area contributed by atoms with Crippen LogP contribution in [0.3, 0.4) is 0 Å². The summed E-state index contributed by atoms with van der Waals surface area (Å²) < 4.78 is 0. The van der Waals surface area contributed by atoms with Gasteiger partial charge in [-0.05, 0) is 43.0 Å². The smallest absolute Gasteiger partial charge is 0.158 e. The van der Waals surface area contributed by atoms with Crippen LogP contribution in [0.5, 0.6) is 0 Å². The van der Waals surface area contributed by atoms with Gasteiger partial charge in [-0.3, -0.25) is 4.98 Å². The van der Waals surface area contributed by atoms with Crippen molar-refractivity contribution in [2.24, 2.45) is 9.98 Å². The predicted octanol–water partition coefficient (Wildman–Crippen LogP) is 6.22. The first kappa shape index (κ1) is 20.4. The standard InChI is InChI=1S/C26H27N3/c1-4-21(19-29-25(28-5-2)23-11-7-6-8-12-23)22-13-9-16-26(3,17-15-22)24-14-10-18-27-20-24/h5-20H,4H2,1-3H3. The fraction of sp³-hybridized carbons (Fsp3) is 0.192. The van der Waals surface area contributed by atoms with Crippen LogP contribution in [0.1, 0.15) is 38.3 Å². The van der Waals surface area contributed by atoms with E-state index in [-0.39, 0.29) is 5.41 Å². The fourth-order valence-electron chi connectivity index (χ4n) is 3.21. The molecule has 29 heavy (non-hydrogen) atoms. The molecule has 0 N–H and O–H groups in total. The van der Waals surface area contributed by atoms with E-state index in [2.05, 4.69) is 60.3 Å². The van der Waals surface area contributed by atoms with Crippen LogP contribution in [0.15, 0.2) is 113 Å². The van der Waals surface area contributed by atoms with Gasteiger partial charge in [0.05, 0.1) is 0 Å². The zero-order chi connectivity index (χ0) is 20.5. The molecule has 1 aromatic heterocycles. The van der Waals surface area contributed by atoms with E-state index in [9.17, 15) is 0 Å². The first-order valence-corrected chi connectivity index (χ1v) is 9.97. The third-order valence-corrected chi connectivity index (χ3v) is 4.99. The van der Waals surface area contributed by atoms with Gasteiger partial charge in [-0.1, -0.05) is 73.7 Å². The van der Waals surface area contributed by atoms with Crippen molar-refractivity contribution in [3.05, 3.63) is 114 Å². The highest BCUT2D eigenvalue weighted by Gasteiger charge is 2.21. The summed E-state index contributed by atoms with van der Waals surface area (Å²) in [6, 6.07) is 14.1. The van der Waals surface area contributed by atoms with Gasteiger partial charge < -0.3 is 0 Å². The molecule has 0 fully saturated rings. The Morgan fingerprint density at radius 3 is 2.62 bits per heavy atom. The monoisotopic (exact) mass is 381 g/mol. The van der Waals surface area contributed by atoms with Crippen molar-refractivity contribution >= 4 is 12.1 Å². The Kier molecular flexibility index (Phi) is 6.85. The van der Waals surface area contributed by atoms with Crippen molar-refractivity contribution in [2.45, 2.75) is 32.6 Å². The summed E-state index contributed by atoms with van der Waals surface area (Å²) in [6.45, 7) is 6.25. The topological polar surface area (TPSA) is 37.6 Å². The van der Waals surface area contributed by atoms with Gasteiger partial charge in [-0.25, -0.2) is 9.98 Å². The van der Waals surface area contributed by atoms with Crippen molar-refractivity contribution in [1.29, 1.82) is 0 Å². The van der Waals surface area contributed by atoms with Crippen LogP contribution >= 0.6 is 0 Å². The van der Waals surface area contributed by atoms with Gasteiger partial charge in [0.1, 0.15) is 0 Å². The molecule has 1 atom stereocenters. The van der Waals surface area contributed by atoms with Crippen LogP contribution in [0.4, 0.5) is 0 Å². The summed E-state index contributed by atoms with van der Waals surface area (Å²) in [6.07, 6.45) is 19.2. The molecule has 3 nitrogen and oxygen atoms in total. The molecule has 0 spiro atoms. The fourth-order valence-corrected chi connectivity index (χ4v) is 3.21. The summed E-state index contributed by atoms with van der Waals surface area (Å²) in [5, 5.41) is 0. The van der Waals surface area contributed by atoms with Crippen molar-refractivity contribution < 1.29 is 0 Å². The molecular formula is C26H27N3. The molecule has 1 aliphatic carbocycles. The normalized spacial score (nSPS) is 20.0. The maximum Gasteiger partial charge on any atom is 0.158 e. The van der Waals surface area contributed by atoms with Crippen LogP contribution in [0.25, 0.3) is 0 Å². The minimum Gasteiger partial charge on any atom is -0.264 e. The van der Waals surface area contributed by atoms with E-state index in [1.807, 2.05) is 55.7 Å². The van der Waals surface area contributed by atoms with Crippen LogP contribution in [-0.4, -0.2) is 17.0 Å². The molecule has 2 aromatic rings. The number of amidine groups is 1. The number of aliphatic imine (C=N–C) groups is 2. The lowest BCUT2D eigenvalue weighted by Gasteiger charge is -2.21. The Bertz CT molecular complexity index is 993. The highest BCUT2D eigenvalue weighted by atomic mass is 14.9.